The van der Waals surface area contributed by atoms with Crippen molar-refractivity contribution in [2.45, 2.75) is 13.3 Å². The van der Waals surface area contributed by atoms with Gasteiger partial charge in [-0.25, -0.2) is 0 Å². The first kappa shape index (κ1) is 13.1. The van der Waals surface area contributed by atoms with Crippen LogP contribution in [0, 0.1) is 6.92 Å². The Labute approximate surface area is 102 Å². The SMILES string of the molecule is CNCCc1c(C)c(Cl)cc(OC)c1OC. The van der Waals surface area contributed by atoms with Gasteiger partial charge < -0.3 is 14.8 Å². The molecule has 0 atom stereocenters. The number of methoxy groups -OCH3 is 2. The fourth-order valence-electron chi connectivity index (χ4n) is 1.68. The zero-order chi connectivity index (χ0) is 12.1. The molecule has 0 heterocycles. The molecule has 0 aliphatic carbocycles. The molecule has 0 unspecified atom stereocenters. The molecule has 4 heteroatoms. The third kappa shape index (κ3) is 2.60. The molecule has 0 aliphatic heterocycles. The van der Waals surface area contributed by atoms with Crippen LogP contribution >= 0.6 is 11.6 Å². The van der Waals surface area contributed by atoms with Crippen LogP contribution in [-0.2, 0) is 6.42 Å². The molecule has 0 fully saturated rings. The smallest absolute Gasteiger partial charge is 0.164 e. The first-order chi connectivity index (χ1) is 7.65. The summed E-state index contributed by atoms with van der Waals surface area (Å²) in [7, 11) is 5.18. The van der Waals surface area contributed by atoms with Gasteiger partial charge in [-0.2, -0.15) is 0 Å². The minimum absolute atomic E-state index is 0.684. The molecule has 0 amide bonds. The normalized spacial score (nSPS) is 10.3. The van der Waals surface area contributed by atoms with Crippen LogP contribution in [0.25, 0.3) is 0 Å². The quantitative estimate of drug-likeness (QED) is 0.862. The van der Waals surface area contributed by atoms with Gasteiger partial charge in [-0.3, -0.25) is 0 Å². The van der Waals surface area contributed by atoms with Crippen molar-refractivity contribution in [2.75, 3.05) is 27.8 Å². The summed E-state index contributed by atoms with van der Waals surface area (Å²) in [6, 6.07) is 1.79. The van der Waals surface area contributed by atoms with E-state index in [9.17, 15) is 0 Å². The van der Waals surface area contributed by atoms with Crippen LogP contribution < -0.4 is 14.8 Å². The average Bonchev–Trinajstić information content (AvgIpc) is 2.30. The monoisotopic (exact) mass is 243 g/mol. The fourth-order valence-corrected chi connectivity index (χ4v) is 1.89. The third-order valence-electron chi connectivity index (χ3n) is 2.62. The van der Waals surface area contributed by atoms with Crippen molar-refractivity contribution in [3.05, 3.63) is 22.2 Å². The van der Waals surface area contributed by atoms with Crippen molar-refractivity contribution in [1.82, 2.24) is 5.32 Å². The Balaban J connectivity index is 3.23. The van der Waals surface area contributed by atoms with E-state index < -0.39 is 0 Å². The van der Waals surface area contributed by atoms with Crippen LogP contribution in [0.4, 0.5) is 0 Å². The molecule has 3 nitrogen and oxygen atoms in total. The highest BCUT2D eigenvalue weighted by Crippen LogP contribution is 2.37. The summed E-state index contributed by atoms with van der Waals surface area (Å²) in [4.78, 5) is 0. The highest BCUT2D eigenvalue weighted by molar-refractivity contribution is 6.31. The van der Waals surface area contributed by atoms with E-state index in [0.29, 0.717) is 10.8 Å². The maximum atomic E-state index is 6.15. The third-order valence-corrected chi connectivity index (χ3v) is 3.01. The summed E-state index contributed by atoms with van der Waals surface area (Å²) in [6.07, 6.45) is 0.864. The predicted octanol–water partition coefficient (Wildman–Crippen LogP) is 2.43. The molecule has 0 saturated heterocycles. The Morgan fingerprint density at radius 3 is 2.50 bits per heavy atom. The molecular formula is C12H18ClNO2. The minimum Gasteiger partial charge on any atom is -0.493 e. The number of hydrogen-bond acceptors (Lipinski definition) is 3. The lowest BCUT2D eigenvalue weighted by Crippen LogP contribution is -2.12. The van der Waals surface area contributed by atoms with E-state index in [0.717, 1.165) is 29.8 Å². The number of halogens is 1. The molecule has 1 rings (SSSR count). The number of nitrogens with one attached hydrogen (secondary N) is 1. The molecule has 0 bridgehead atoms. The zero-order valence-corrected chi connectivity index (χ0v) is 10.9. The molecule has 0 aliphatic rings. The second kappa shape index (κ2) is 5.97. The molecule has 16 heavy (non-hydrogen) atoms. The Morgan fingerprint density at radius 1 is 1.31 bits per heavy atom. The molecule has 0 aromatic heterocycles. The van der Waals surface area contributed by atoms with E-state index in [1.807, 2.05) is 14.0 Å². The summed E-state index contributed by atoms with van der Waals surface area (Å²) in [6.45, 7) is 2.87. The number of ether oxygens (including phenoxy) is 2. The maximum absolute atomic E-state index is 6.15. The molecule has 90 valence electrons. The van der Waals surface area contributed by atoms with Gasteiger partial charge in [0.1, 0.15) is 0 Å². The predicted molar refractivity (Wildman–Crippen MR) is 66.9 cm³/mol. The van der Waals surface area contributed by atoms with E-state index in [4.69, 9.17) is 21.1 Å². The van der Waals surface area contributed by atoms with E-state index in [1.165, 1.54) is 0 Å². The second-order valence-corrected chi connectivity index (χ2v) is 3.96. The summed E-state index contributed by atoms with van der Waals surface area (Å²) in [5, 5.41) is 3.82. The lowest BCUT2D eigenvalue weighted by molar-refractivity contribution is 0.351. The van der Waals surface area contributed by atoms with Crippen molar-refractivity contribution in [3.8, 4) is 11.5 Å². The van der Waals surface area contributed by atoms with Crippen LogP contribution in [0.5, 0.6) is 11.5 Å². The second-order valence-electron chi connectivity index (χ2n) is 3.55. The number of rotatable bonds is 5. The summed E-state index contributed by atoms with van der Waals surface area (Å²) < 4.78 is 10.7. The van der Waals surface area contributed by atoms with Gasteiger partial charge in [-0.05, 0) is 32.5 Å². The molecule has 1 aromatic carbocycles. The molecule has 1 N–H and O–H groups in total. The van der Waals surface area contributed by atoms with E-state index in [-0.39, 0.29) is 0 Å². The fraction of sp³-hybridized carbons (Fsp3) is 0.500. The minimum atomic E-state index is 0.684. The molecule has 0 saturated carbocycles. The number of hydrogen-bond donors (Lipinski definition) is 1. The van der Waals surface area contributed by atoms with E-state index >= 15 is 0 Å². The first-order valence-corrected chi connectivity index (χ1v) is 5.58. The highest BCUT2D eigenvalue weighted by Gasteiger charge is 2.15. The van der Waals surface area contributed by atoms with Crippen molar-refractivity contribution in [2.24, 2.45) is 0 Å². The summed E-state index contributed by atoms with van der Waals surface area (Å²) in [5.41, 5.74) is 2.15. The summed E-state index contributed by atoms with van der Waals surface area (Å²) >= 11 is 6.15. The van der Waals surface area contributed by atoms with Crippen molar-refractivity contribution >= 4 is 11.6 Å². The van der Waals surface area contributed by atoms with Crippen molar-refractivity contribution < 1.29 is 9.47 Å². The lowest BCUT2D eigenvalue weighted by atomic mass is 10.0. The van der Waals surface area contributed by atoms with Crippen LogP contribution in [0.2, 0.25) is 5.02 Å². The van der Waals surface area contributed by atoms with Gasteiger partial charge in [0.2, 0.25) is 0 Å². The Bertz CT molecular complexity index is 367. The Hall–Kier alpha value is -0.930. The van der Waals surface area contributed by atoms with Crippen LogP contribution in [0.1, 0.15) is 11.1 Å². The molecular weight excluding hydrogens is 226 g/mol. The number of likely N-dealkylation sites (N-methyl/N-ethyl adjacent to an activating group) is 1. The van der Waals surface area contributed by atoms with Crippen molar-refractivity contribution in [1.29, 1.82) is 0 Å². The van der Waals surface area contributed by atoms with Gasteiger partial charge in [-0.15, -0.1) is 0 Å². The molecule has 0 spiro atoms. The first-order valence-electron chi connectivity index (χ1n) is 5.20. The van der Waals surface area contributed by atoms with Gasteiger partial charge in [-0.1, -0.05) is 11.6 Å². The van der Waals surface area contributed by atoms with Gasteiger partial charge in [0.15, 0.2) is 11.5 Å². The standard InChI is InChI=1S/C12H18ClNO2/c1-8-9(5-6-14-2)12(16-4)11(15-3)7-10(8)13/h7,14H,5-6H2,1-4H3. The molecule has 0 radical (unpaired) electrons. The topological polar surface area (TPSA) is 30.5 Å². The van der Waals surface area contributed by atoms with Gasteiger partial charge in [0.05, 0.1) is 14.2 Å². The Morgan fingerprint density at radius 2 is 2.00 bits per heavy atom. The highest BCUT2D eigenvalue weighted by atomic mass is 35.5. The Kier molecular flexibility index (Phi) is 4.90. The van der Waals surface area contributed by atoms with Gasteiger partial charge in [0.25, 0.3) is 0 Å². The van der Waals surface area contributed by atoms with Crippen LogP contribution in [0.15, 0.2) is 6.07 Å². The zero-order valence-electron chi connectivity index (χ0n) is 10.2. The van der Waals surface area contributed by atoms with E-state index in [2.05, 4.69) is 5.32 Å². The molecule has 1 aromatic rings. The van der Waals surface area contributed by atoms with Crippen LogP contribution in [-0.4, -0.2) is 27.8 Å². The number of benzene rings is 1. The maximum Gasteiger partial charge on any atom is 0.164 e. The summed E-state index contributed by atoms with van der Waals surface area (Å²) in [5.74, 6) is 1.46. The largest absolute Gasteiger partial charge is 0.493 e. The van der Waals surface area contributed by atoms with Crippen molar-refractivity contribution in [3.63, 3.8) is 0 Å². The van der Waals surface area contributed by atoms with E-state index in [1.54, 1.807) is 20.3 Å². The van der Waals surface area contributed by atoms with Gasteiger partial charge in [0, 0.05) is 16.7 Å². The lowest BCUT2D eigenvalue weighted by Gasteiger charge is -2.16. The van der Waals surface area contributed by atoms with Gasteiger partial charge >= 0.3 is 0 Å². The average molecular weight is 244 g/mol. The van der Waals surface area contributed by atoms with Crippen LogP contribution in [0.3, 0.4) is 0 Å².